The highest BCUT2D eigenvalue weighted by Gasteiger charge is 2.26. The highest BCUT2D eigenvalue weighted by molar-refractivity contribution is 7.99. The number of ether oxygens (including phenoxy) is 1. The number of nitrogens with zero attached hydrogens (tertiary/aromatic N) is 1. The lowest BCUT2D eigenvalue weighted by Gasteiger charge is -2.23. The smallest absolute Gasteiger partial charge is 0.258 e. The Kier molecular flexibility index (Phi) is 6.37. The molecular weight excluding hydrogens is 406 g/mol. The molecule has 1 atom stereocenters. The number of allylic oxidation sites excluding steroid dienone is 3. The van der Waals surface area contributed by atoms with Gasteiger partial charge in [0, 0.05) is 60.1 Å². The first-order valence-corrected chi connectivity index (χ1v) is 11.9. The summed E-state index contributed by atoms with van der Waals surface area (Å²) in [5, 5.41) is 12.7. The predicted octanol–water partition coefficient (Wildman–Crippen LogP) is 4.58. The molecule has 6 heteroatoms. The molecule has 162 valence electrons. The molecule has 4 rings (SSSR count). The zero-order chi connectivity index (χ0) is 22.0. The fraction of sp³-hybridized carbons (Fsp3) is 0.360. The molecule has 2 aromatic rings. The van der Waals surface area contributed by atoms with E-state index in [0.717, 1.165) is 46.4 Å². The molecule has 2 aliphatic rings. The van der Waals surface area contributed by atoms with Crippen LogP contribution in [0, 0.1) is 11.3 Å². The number of benzene rings is 1. The third kappa shape index (κ3) is 4.49. The van der Waals surface area contributed by atoms with Crippen LogP contribution in [0.3, 0.4) is 0 Å². The first-order chi connectivity index (χ1) is 15.0. The van der Waals surface area contributed by atoms with Gasteiger partial charge in [-0.2, -0.15) is 11.8 Å². The molecule has 1 heterocycles. The first kappa shape index (κ1) is 21.5. The fourth-order valence-electron chi connectivity index (χ4n) is 3.91. The number of aryl methyl sites for hydroxylation is 1. The van der Waals surface area contributed by atoms with E-state index in [9.17, 15) is 4.79 Å². The van der Waals surface area contributed by atoms with Crippen LogP contribution in [0.1, 0.15) is 30.4 Å². The van der Waals surface area contributed by atoms with Crippen molar-refractivity contribution in [2.45, 2.75) is 24.5 Å². The van der Waals surface area contributed by atoms with Gasteiger partial charge in [0.05, 0.1) is 6.61 Å². The van der Waals surface area contributed by atoms with Crippen LogP contribution in [0.25, 0.3) is 21.9 Å². The summed E-state index contributed by atoms with van der Waals surface area (Å²) in [5.74, 6) is 1.59. The summed E-state index contributed by atoms with van der Waals surface area (Å²) in [6.07, 6.45) is 15.1. The van der Waals surface area contributed by atoms with Crippen molar-refractivity contribution in [3.05, 3.63) is 70.0 Å². The molecule has 0 radical (unpaired) electrons. The first-order valence-electron chi connectivity index (χ1n) is 10.7. The average molecular weight is 436 g/mol. The molecule has 1 aromatic carbocycles. The van der Waals surface area contributed by atoms with E-state index in [1.807, 2.05) is 43.2 Å². The van der Waals surface area contributed by atoms with E-state index < -0.39 is 0 Å². The van der Waals surface area contributed by atoms with Crippen molar-refractivity contribution >= 4 is 39.9 Å². The fourth-order valence-corrected chi connectivity index (χ4v) is 4.47. The zero-order valence-corrected chi connectivity index (χ0v) is 19.1. The summed E-state index contributed by atoms with van der Waals surface area (Å²) < 4.78 is 7.91. The Bertz CT molecular complexity index is 1160. The molecule has 31 heavy (non-hydrogen) atoms. The molecule has 0 aliphatic heterocycles. The molecular formula is C25H29N3O2S. The SMILES string of the molecule is CN/C=C(\C=N)c1ccc2c(=O)n(C)cc(C3=CC(SC)CC=C3OCC3CC3)c2c1. The molecule has 1 unspecified atom stereocenters. The molecule has 0 saturated heterocycles. The lowest BCUT2D eigenvalue weighted by molar-refractivity contribution is 0.212. The summed E-state index contributed by atoms with van der Waals surface area (Å²) >= 11 is 1.82. The second-order valence-corrected chi connectivity index (χ2v) is 9.24. The Labute approximate surface area is 187 Å². The number of aromatic nitrogens is 1. The quantitative estimate of drug-likeness (QED) is 0.596. The van der Waals surface area contributed by atoms with Crippen molar-refractivity contribution < 1.29 is 4.74 Å². The minimum absolute atomic E-state index is 0.0263. The van der Waals surface area contributed by atoms with E-state index in [0.29, 0.717) is 16.6 Å². The largest absolute Gasteiger partial charge is 0.493 e. The topological polar surface area (TPSA) is 67.1 Å². The number of pyridine rings is 1. The van der Waals surface area contributed by atoms with Crippen LogP contribution in [0.4, 0.5) is 0 Å². The maximum atomic E-state index is 12.9. The van der Waals surface area contributed by atoms with Gasteiger partial charge >= 0.3 is 0 Å². The molecule has 2 aliphatic carbocycles. The van der Waals surface area contributed by atoms with Gasteiger partial charge in [0.25, 0.3) is 5.56 Å². The van der Waals surface area contributed by atoms with Crippen LogP contribution in [0.5, 0.6) is 0 Å². The van der Waals surface area contributed by atoms with Crippen LogP contribution < -0.4 is 10.9 Å². The van der Waals surface area contributed by atoms with E-state index in [4.69, 9.17) is 10.1 Å². The maximum Gasteiger partial charge on any atom is 0.258 e. The Hall–Kier alpha value is -2.73. The third-order valence-electron chi connectivity index (χ3n) is 5.89. The summed E-state index contributed by atoms with van der Waals surface area (Å²) in [7, 11) is 3.61. The second kappa shape index (κ2) is 9.18. The van der Waals surface area contributed by atoms with Gasteiger partial charge in [0.15, 0.2) is 0 Å². The van der Waals surface area contributed by atoms with Gasteiger partial charge in [-0.3, -0.25) is 4.79 Å². The van der Waals surface area contributed by atoms with Crippen LogP contribution in [-0.2, 0) is 11.8 Å². The number of nitrogens with one attached hydrogen (secondary N) is 2. The van der Waals surface area contributed by atoms with Crippen LogP contribution in [-0.4, -0.2) is 35.9 Å². The normalized spacial score (nSPS) is 19.1. The highest BCUT2D eigenvalue weighted by atomic mass is 32.2. The number of thioether (sulfide) groups is 1. The van der Waals surface area contributed by atoms with Crippen molar-refractivity contribution in [1.29, 1.82) is 5.41 Å². The van der Waals surface area contributed by atoms with Gasteiger partial charge in [0.1, 0.15) is 5.76 Å². The predicted molar refractivity (Wildman–Crippen MR) is 132 cm³/mol. The second-order valence-electron chi connectivity index (χ2n) is 8.16. The van der Waals surface area contributed by atoms with Crippen molar-refractivity contribution in [1.82, 2.24) is 9.88 Å². The van der Waals surface area contributed by atoms with E-state index in [2.05, 4.69) is 23.7 Å². The Balaban J connectivity index is 1.88. The van der Waals surface area contributed by atoms with E-state index in [1.165, 1.54) is 19.1 Å². The molecule has 0 amide bonds. The third-order valence-corrected chi connectivity index (χ3v) is 6.82. The lowest BCUT2D eigenvalue weighted by Crippen LogP contribution is -2.18. The molecule has 2 N–H and O–H groups in total. The van der Waals surface area contributed by atoms with Gasteiger partial charge in [-0.1, -0.05) is 12.1 Å². The van der Waals surface area contributed by atoms with Gasteiger partial charge < -0.3 is 20.0 Å². The van der Waals surface area contributed by atoms with Gasteiger partial charge in [-0.25, -0.2) is 0 Å². The molecule has 5 nitrogen and oxygen atoms in total. The standard InChI is InChI=1S/C25H29N3O2S/c1-27-13-18(12-26)17-6-8-20-21(10-17)23(14-28(2)25(20)29)22-11-19(31-3)7-9-24(22)30-15-16-4-5-16/h6,8-14,16,19,26-27H,4-5,7,15H2,1-3H3/b18-13+,26-12?. The van der Waals surface area contributed by atoms with E-state index >= 15 is 0 Å². The summed E-state index contributed by atoms with van der Waals surface area (Å²) in [6, 6.07) is 5.79. The minimum Gasteiger partial charge on any atom is -0.493 e. The highest BCUT2D eigenvalue weighted by Crippen LogP contribution is 2.38. The maximum absolute atomic E-state index is 12.9. The van der Waals surface area contributed by atoms with E-state index in [-0.39, 0.29) is 5.56 Å². The van der Waals surface area contributed by atoms with Crippen molar-refractivity contribution in [2.75, 3.05) is 19.9 Å². The molecule has 0 bridgehead atoms. The van der Waals surface area contributed by atoms with Crippen molar-refractivity contribution in [3.63, 3.8) is 0 Å². The number of hydrogen-bond acceptors (Lipinski definition) is 5. The van der Waals surface area contributed by atoms with Gasteiger partial charge in [0.2, 0.25) is 0 Å². The van der Waals surface area contributed by atoms with E-state index in [1.54, 1.807) is 17.8 Å². The molecule has 1 saturated carbocycles. The van der Waals surface area contributed by atoms with Crippen LogP contribution >= 0.6 is 11.8 Å². The monoisotopic (exact) mass is 435 g/mol. The summed E-state index contributed by atoms with van der Waals surface area (Å²) in [6.45, 7) is 0.755. The van der Waals surface area contributed by atoms with Crippen LogP contribution in [0.2, 0.25) is 0 Å². The number of hydrogen-bond donors (Lipinski definition) is 2. The average Bonchev–Trinajstić information content (AvgIpc) is 3.62. The summed E-state index contributed by atoms with van der Waals surface area (Å²) in [5.41, 5.74) is 3.68. The summed E-state index contributed by atoms with van der Waals surface area (Å²) in [4.78, 5) is 12.9. The minimum atomic E-state index is -0.0263. The molecule has 1 fully saturated rings. The molecule has 1 aromatic heterocycles. The Morgan fingerprint density at radius 2 is 2.16 bits per heavy atom. The number of fused-ring (bicyclic) bond motifs is 1. The van der Waals surface area contributed by atoms with Gasteiger partial charge in [-0.15, -0.1) is 0 Å². The Morgan fingerprint density at radius 3 is 2.84 bits per heavy atom. The van der Waals surface area contributed by atoms with Gasteiger partial charge in [-0.05, 0) is 60.6 Å². The molecule has 0 spiro atoms. The Morgan fingerprint density at radius 1 is 1.35 bits per heavy atom. The zero-order valence-electron chi connectivity index (χ0n) is 18.3. The van der Waals surface area contributed by atoms with Crippen molar-refractivity contribution in [2.24, 2.45) is 13.0 Å². The number of rotatable bonds is 8. The van der Waals surface area contributed by atoms with Crippen LogP contribution in [0.15, 0.2) is 53.3 Å². The van der Waals surface area contributed by atoms with Crippen molar-refractivity contribution in [3.8, 4) is 0 Å². The lowest BCUT2D eigenvalue weighted by atomic mass is 9.92.